The lowest BCUT2D eigenvalue weighted by atomic mass is 10.2. The second-order valence-corrected chi connectivity index (χ2v) is 4.52. The number of halogens is 1. The Kier molecular flexibility index (Phi) is 4.68. The number of aromatic amines is 1. The van der Waals surface area contributed by atoms with Gasteiger partial charge in [-0.1, -0.05) is 22.9 Å². The number of nitrogens with zero attached hydrogens (tertiary/aromatic N) is 1. The molecule has 0 aromatic carbocycles. The molecule has 0 aliphatic heterocycles. The maximum absolute atomic E-state index is 11.5. The molecule has 0 aliphatic carbocycles. The molecule has 1 aromatic heterocycles. The molecule has 0 radical (unpaired) electrons. The predicted octanol–water partition coefficient (Wildman–Crippen LogP) is 0.0355. The quantitative estimate of drug-likeness (QED) is 0.629. The minimum atomic E-state index is -0.624. The van der Waals surface area contributed by atoms with Gasteiger partial charge in [-0.3, -0.25) is 19.1 Å². The van der Waals surface area contributed by atoms with E-state index in [-0.39, 0.29) is 6.54 Å². The van der Waals surface area contributed by atoms with Crippen LogP contribution in [0.15, 0.2) is 15.8 Å². The minimum Gasteiger partial charge on any atom is -0.468 e. The van der Waals surface area contributed by atoms with Crippen LogP contribution in [0.3, 0.4) is 0 Å². The van der Waals surface area contributed by atoms with Crippen molar-refractivity contribution in [2.45, 2.75) is 24.7 Å². The molecule has 0 aliphatic rings. The van der Waals surface area contributed by atoms with Gasteiger partial charge in [-0.25, -0.2) is 4.79 Å². The summed E-state index contributed by atoms with van der Waals surface area (Å²) in [5, 5.41) is 0. The summed E-state index contributed by atoms with van der Waals surface area (Å²) in [6, 6.07) is 0. The van der Waals surface area contributed by atoms with Gasteiger partial charge in [0.2, 0.25) is 0 Å². The Morgan fingerprint density at radius 3 is 2.76 bits per heavy atom. The minimum absolute atomic E-state index is 0.106. The highest BCUT2D eigenvalue weighted by molar-refractivity contribution is 9.10. The van der Waals surface area contributed by atoms with Crippen LogP contribution in [-0.4, -0.2) is 27.5 Å². The summed E-state index contributed by atoms with van der Waals surface area (Å²) in [5.74, 6) is -0.471. The van der Waals surface area contributed by atoms with Crippen molar-refractivity contribution >= 4 is 21.9 Å². The molecule has 0 spiro atoms. The lowest BCUT2D eigenvalue weighted by Crippen LogP contribution is -2.35. The molecule has 0 fully saturated rings. The monoisotopic (exact) mass is 304 g/mol. The van der Waals surface area contributed by atoms with Crippen molar-refractivity contribution in [1.29, 1.82) is 0 Å². The second-order valence-electron chi connectivity index (χ2n) is 3.41. The zero-order valence-electron chi connectivity index (χ0n) is 9.53. The van der Waals surface area contributed by atoms with Gasteiger partial charge in [0, 0.05) is 11.8 Å². The van der Waals surface area contributed by atoms with Crippen molar-refractivity contribution < 1.29 is 9.53 Å². The van der Waals surface area contributed by atoms with E-state index in [0.29, 0.717) is 12.0 Å². The van der Waals surface area contributed by atoms with Gasteiger partial charge >= 0.3 is 11.7 Å². The first kappa shape index (κ1) is 13.7. The number of esters is 1. The van der Waals surface area contributed by atoms with Crippen LogP contribution in [0.5, 0.6) is 0 Å². The standard InChI is InChI=1S/C10H13BrN2O4/c1-3-6-4-13(10(16)12-8(6)14)5-7(11)9(15)17-2/h4,7H,3,5H2,1-2H3,(H,12,14,16). The van der Waals surface area contributed by atoms with Crippen molar-refractivity contribution in [2.75, 3.05) is 7.11 Å². The molecule has 0 saturated heterocycles. The lowest BCUT2D eigenvalue weighted by molar-refractivity contribution is -0.140. The van der Waals surface area contributed by atoms with E-state index in [0.717, 1.165) is 0 Å². The highest BCUT2D eigenvalue weighted by Crippen LogP contribution is 2.04. The van der Waals surface area contributed by atoms with Crippen LogP contribution in [0.25, 0.3) is 0 Å². The highest BCUT2D eigenvalue weighted by Gasteiger charge is 2.16. The van der Waals surface area contributed by atoms with E-state index < -0.39 is 22.0 Å². The van der Waals surface area contributed by atoms with Crippen LogP contribution < -0.4 is 11.2 Å². The number of carbonyl (C=O) groups is 1. The smallest absolute Gasteiger partial charge is 0.328 e. The van der Waals surface area contributed by atoms with Crippen molar-refractivity contribution in [3.63, 3.8) is 0 Å². The number of aromatic nitrogens is 2. The van der Waals surface area contributed by atoms with E-state index in [4.69, 9.17) is 0 Å². The van der Waals surface area contributed by atoms with Crippen molar-refractivity contribution in [3.05, 3.63) is 32.6 Å². The molecule has 6 nitrogen and oxygen atoms in total. The van der Waals surface area contributed by atoms with Gasteiger partial charge in [0.25, 0.3) is 5.56 Å². The summed E-state index contributed by atoms with van der Waals surface area (Å²) >= 11 is 3.11. The Labute approximate surface area is 106 Å². The number of ether oxygens (including phenoxy) is 1. The number of nitrogens with one attached hydrogen (secondary N) is 1. The Morgan fingerprint density at radius 2 is 2.24 bits per heavy atom. The molecule has 1 heterocycles. The Morgan fingerprint density at radius 1 is 1.59 bits per heavy atom. The van der Waals surface area contributed by atoms with E-state index in [9.17, 15) is 14.4 Å². The number of rotatable bonds is 4. The van der Waals surface area contributed by atoms with Crippen molar-refractivity contribution in [2.24, 2.45) is 0 Å². The molecule has 17 heavy (non-hydrogen) atoms. The van der Waals surface area contributed by atoms with Gasteiger partial charge in [0.15, 0.2) is 0 Å². The fourth-order valence-electron chi connectivity index (χ4n) is 1.32. The number of methoxy groups -OCH3 is 1. The summed E-state index contributed by atoms with van der Waals surface area (Å²) in [6.45, 7) is 1.92. The lowest BCUT2D eigenvalue weighted by Gasteiger charge is -2.10. The Balaban J connectivity index is 3.03. The largest absolute Gasteiger partial charge is 0.468 e. The molecule has 0 bridgehead atoms. The molecule has 1 N–H and O–H groups in total. The van der Waals surface area contributed by atoms with Crippen LogP contribution >= 0.6 is 15.9 Å². The number of hydrogen-bond donors (Lipinski definition) is 1. The zero-order chi connectivity index (χ0) is 13.0. The molecule has 1 aromatic rings. The van der Waals surface area contributed by atoms with Crippen LogP contribution in [0.2, 0.25) is 0 Å². The number of alkyl halides is 1. The maximum Gasteiger partial charge on any atom is 0.328 e. The SMILES string of the molecule is CCc1cn(CC(Br)C(=O)OC)c(=O)[nH]c1=O. The summed E-state index contributed by atoms with van der Waals surface area (Å²) in [7, 11) is 1.27. The normalized spacial score (nSPS) is 12.2. The molecule has 94 valence electrons. The maximum atomic E-state index is 11.5. The summed E-state index contributed by atoms with van der Waals surface area (Å²) < 4.78 is 5.81. The molecular weight excluding hydrogens is 292 g/mol. The number of aryl methyl sites for hydroxylation is 1. The molecule has 7 heteroatoms. The third kappa shape index (κ3) is 3.29. The highest BCUT2D eigenvalue weighted by atomic mass is 79.9. The topological polar surface area (TPSA) is 81.2 Å². The van der Waals surface area contributed by atoms with E-state index >= 15 is 0 Å². The Hall–Kier alpha value is -1.37. The molecule has 1 unspecified atom stereocenters. The molecule has 0 amide bonds. The number of carbonyl (C=O) groups excluding carboxylic acids is 1. The summed E-state index contributed by atoms with van der Waals surface area (Å²) in [5.41, 5.74) is -0.437. The van der Waals surface area contributed by atoms with Crippen LogP contribution in [0.4, 0.5) is 0 Å². The molecular formula is C10H13BrN2O4. The van der Waals surface area contributed by atoms with E-state index in [1.807, 2.05) is 6.92 Å². The van der Waals surface area contributed by atoms with Crippen molar-refractivity contribution in [1.82, 2.24) is 9.55 Å². The van der Waals surface area contributed by atoms with Crippen LogP contribution in [0, 0.1) is 0 Å². The van der Waals surface area contributed by atoms with E-state index in [2.05, 4.69) is 25.7 Å². The van der Waals surface area contributed by atoms with Gasteiger partial charge in [-0.15, -0.1) is 0 Å². The fraction of sp³-hybridized carbons (Fsp3) is 0.500. The first-order valence-corrected chi connectivity index (χ1v) is 5.95. The fourth-order valence-corrected chi connectivity index (χ4v) is 1.82. The zero-order valence-corrected chi connectivity index (χ0v) is 11.1. The number of hydrogen-bond acceptors (Lipinski definition) is 4. The first-order chi connectivity index (χ1) is 7.99. The van der Waals surface area contributed by atoms with Gasteiger partial charge < -0.3 is 4.74 Å². The number of H-pyrrole nitrogens is 1. The summed E-state index contributed by atoms with van der Waals surface area (Å²) in [4.78, 5) is 35.6. The van der Waals surface area contributed by atoms with Crippen LogP contribution in [-0.2, 0) is 22.5 Å². The molecule has 0 saturated carbocycles. The third-order valence-corrected chi connectivity index (χ3v) is 2.94. The van der Waals surface area contributed by atoms with Gasteiger partial charge in [0.1, 0.15) is 4.83 Å². The first-order valence-electron chi connectivity index (χ1n) is 5.04. The Bertz CT molecular complexity index is 520. The average molecular weight is 305 g/mol. The van der Waals surface area contributed by atoms with Crippen LogP contribution in [0.1, 0.15) is 12.5 Å². The van der Waals surface area contributed by atoms with E-state index in [1.54, 1.807) is 0 Å². The van der Waals surface area contributed by atoms with Gasteiger partial charge in [-0.05, 0) is 6.42 Å². The molecule has 1 atom stereocenters. The van der Waals surface area contributed by atoms with Gasteiger partial charge in [-0.2, -0.15) is 0 Å². The molecule has 1 rings (SSSR count). The second kappa shape index (κ2) is 5.81. The third-order valence-electron chi connectivity index (χ3n) is 2.28. The summed E-state index contributed by atoms with van der Waals surface area (Å²) in [6.07, 6.45) is 1.97. The average Bonchev–Trinajstić information content (AvgIpc) is 2.31. The van der Waals surface area contributed by atoms with E-state index in [1.165, 1.54) is 17.9 Å². The predicted molar refractivity (Wildman–Crippen MR) is 65.4 cm³/mol. The van der Waals surface area contributed by atoms with Crippen molar-refractivity contribution in [3.8, 4) is 0 Å². The van der Waals surface area contributed by atoms with Gasteiger partial charge in [0.05, 0.1) is 13.7 Å².